The van der Waals surface area contributed by atoms with Crippen LogP contribution in [-0.4, -0.2) is 43.0 Å². The van der Waals surface area contributed by atoms with Gasteiger partial charge in [0.1, 0.15) is 5.82 Å². The second-order valence-electron chi connectivity index (χ2n) is 10.4. The van der Waals surface area contributed by atoms with Crippen molar-refractivity contribution < 1.29 is 5.11 Å². The summed E-state index contributed by atoms with van der Waals surface area (Å²) in [7, 11) is 3.88. The number of halogens is 2. The summed E-state index contributed by atoms with van der Waals surface area (Å²) in [6.45, 7) is 2.86. The molecule has 1 atom stereocenters. The number of aromatic nitrogens is 5. The molecule has 0 spiro atoms. The van der Waals surface area contributed by atoms with E-state index in [1.807, 2.05) is 78.1 Å². The van der Waals surface area contributed by atoms with Gasteiger partial charge in [0.15, 0.2) is 5.60 Å². The van der Waals surface area contributed by atoms with Crippen molar-refractivity contribution in [2.45, 2.75) is 18.9 Å². The topological polar surface area (TPSA) is 72.0 Å². The molecule has 0 aliphatic carbocycles. The van der Waals surface area contributed by atoms with Crippen molar-refractivity contribution in [3.8, 4) is 5.69 Å². The van der Waals surface area contributed by atoms with Crippen molar-refractivity contribution in [1.82, 2.24) is 24.3 Å². The van der Waals surface area contributed by atoms with Crippen LogP contribution >= 0.6 is 23.2 Å². The fourth-order valence-electron chi connectivity index (χ4n) is 5.35. The minimum Gasteiger partial charge on any atom is -0.374 e. The van der Waals surface area contributed by atoms with Crippen LogP contribution in [-0.2, 0) is 19.1 Å². The smallest absolute Gasteiger partial charge is 0.156 e. The molecule has 0 saturated heterocycles. The SMILES string of the molecule is CCN(C)c1nc2ccc(C(O)(c3ccc(Cl)cc3)c3cncn3C)cc2c(Cl)c1Cc1ccc(-n2cccn2)cc1. The van der Waals surface area contributed by atoms with Crippen LogP contribution in [0.2, 0.25) is 10.0 Å². The van der Waals surface area contributed by atoms with Gasteiger partial charge in [-0.05, 0) is 66.1 Å². The van der Waals surface area contributed by atoms with Crippen molar-refractivity contribution in [3.63, 3.8) is 0 Å². The molecular formula is C33H30Cl2N6O. The first-order valence-corrected chi connectivity index (χ1v) is 14.4. The Morgan fingerprint density at radius 1 is 0.976 bits per heavy atom. The van der Waals surface area contributed by atoms with E-state index in [1.54, 1.807) is 30.9 Å². The van der Waals surface area contributed by atoms with Crippen LogP contribution in [0.5, 0.6) is 0 Å². The average Bonchev–Trinajstić information content (AvgIpc) is 3.71. The Morgan fingerprint density at radius 3 is 2.36 bits per heavy atom. The van der Waals surface area contributed by atoms with E-state index in [0.29, 0.717) is 33.3 Å². The zero-order chi connectivity index (χ0) is 29.4. The molecule has 0 bridgehead atoms. The third-order valence-corrected chi connectivity index (χ3v) is 8.47. The molecule has 6 rings (SSSR count). The molecule has 0 radical (unpaired) electrons. The first-order chi connectivity index (χ1) is 20.3. The Balaban J connectivity index is 1.49. The molecule has 1 unspecified atom stereocenters. The lowest BCUT2D eigenvalue weighted by atomic mass is 9.83. The first kappa shape index (κ1) is 28.0. The Hall–Kier alpha value is -4.17. The van der Waals surface area contributed by atoms with Crippen LogP contribution in [0, 0.1) is 0 Å². The molecule has 0 aliphatic heterocycles. The first-order valence-electron chi connectivity index (χ1n) is 13.7. The van der Waals surface area contributed by atoms with Gasteiger partial charge < -0.3 is 14.6 Å². The fraction of sp³-hybridized carbons (Fsp3) is 0.182. The van der Waals surface area contributed by atoms with Crippen molar-refractivity contribution in [1.29, 1.82) is 0 Å². The van der Waals surface area contributed by atoms with Gasteiger partial charge in [-0.25, -0.2) is 14.6 Å². The Morgan fingerprint density at radius 2 is 1.71 bits per heavy atom. The summed E-state index contributed by atoms with van der Waals surface area (Å²) in [6, 6.07) is 23.1. The molecule has 0 amide bonds. The van der Waals surface area contributed by atoms with Crippen LogP contribution in [0.1, 0.15) is 34.9 Å². The van der Waals surface area contributed by atoms with Crippen molar-refractivity contribution in [3.05, 3.63) is 136 Å². The predicted octanol–water partition coefficient (Wildman–Crippen LogP) is 6.79. The second-order valence-corrected chi connectivity index (χ2v) is 11.2. The quantitative estimate of drug-likeness (QED) is 0.209. The molecule has 42 heavy (non-hydrogen) atoms. The molecule has 0 aliphatic rings. The van der Waals surface area contributed by atoms with Crippen LogP contribution in [0.4, 0.5) is 5.82 Å². The van der Waals surface area contributed by atoms with Gasteiger partial charge in [-0.1, -0.05) is 53.5 Å². The maximum absolute atomic E-state index is 12.4. The number of pyridine rings is 1. The van der Waals surface area contributed by atoms with E-state index in [2.05, 4.69) is 34.0 Å². The summed E-state index contributed by atoms with van der Waals surface area (Å²) in [5, 5.41) is 18.7. The molecule has 0 fully saturated rings. The highest BCUT2D eigenvalue weighted by molar-refractivity contribution is 6.36. The number of nitrogens with zero attached hydrogens (tertiary/aromatic N) is 6. The van der Waals surface area contributed by atoms with E-state index >= 15 is 0 Å². The second kappa shape index (κ2) is 11.2. The summed E-state index contributed by atoms with van der Waals surface area (Å²) < 4.78 is 3.65. The molecule has 7 nitrogen and oxygen atoms in total. The standard InChI is InChI=1S/C33H30Cl2N6O/c1-4-39(2)32-28(18-22-6-13-26(14-7-22)41-17-5-16-37-41)31(35)27-19-24(10-15-29(27)38-32)33(42,30-20-36-21-40(30)3)23-8-11-25(34)12-9-23/h5-17,19-21,42H,4,18H2,1-3H3. The Kier molecular flexibility index (Phi) is 7.49. The number of benzene rings is 3. The molecule has 3 aromatic heterocycles. The van der Waals surface area contributed by atoms with Crippen molar-refractivity contribution >= 4 is 39.9 Å². The third-order valence-electron chi connectivity index (χ3n) is 7.78. The number of fused-ring (bicyclic) bond motifs is 1. The van der Waals surface area contributed by atoms with Gasteiger partial charge in [0.25, 0.3) is 0 Å². The van der Waals surface area contributed by atoms with Gasteiger partial charge >= 0.3 is 0 Å². The lowest BCUT2D eigenvalue weighted by Crippen LogP contribution is -2.31. The Bertz CT molecular complexity index is 1850. The molecule has 3 heterocycles. The number of rotatable bonds is 8. The van der Waals surface area contributed by atoms with Gasteiger partial charge in [-0.3, -0.25) is 0 Å². The summed E-state index contributed by atoms with van der Waals surface area (Å²) >= 11 is 13.5. The zero-order valence-electron chi connectivity index (χ0n) is 23.5. The van der Waals surface area contributed by atoms with Gasteiger partial charge in [0.2, 0.25) is 0 Å². The number of hydrogen-bond acceptors (Lipinski definition) is 5. The minimum atomic E-state index is -1.51. The molecule has 0 saturated carbocycles. The number of aryl methyl sites for hydroxylation is 1. The highest BCUT2D eigenvalue weighted by Gasteiger charge is 2.37. The zero-order valence-corrected chi connectivity index (χ0v) is 25.1. The average molecular weight is 598 g/mol. The molecule has 212 valence electrons. The molecular weight excluding hydrogens is 567 g/mol. The third kappa shape index (κ3) is 4.94. The number of hydrogen-bond donors (Lipinski definition) is 1. The number of imidazole rings is 1. The molecule has 3 aromatic carbocycles. The summed E-state index contributed by atoms with van der Waals surface area (Å²) in [4.78, 5) is 11.5. The number of anilines is 1. The van der Waals surface area contributed by atoms with Gasteiger partial charge in [0.05, 0.1) is 34.4 Å². The van der Waals surface area contributed by atoms with Crippen molar-refractivity contribution in [2.75, 3.05) is 18.5 Å². The number of aliphatic hydroxyl groups is 1. The maximum atomic E-state index is 12.4. The van der Waals surface area contributed by atoms with Crippen LogP contribution in [0.25, 0.3) is 16.6 Å². The fourth-order valence-corrected chi connectivity index (χ4v) is 5.78. The van der Waals surface area contributed by atoms with Gasteiger partial charge in [0, 0.05) is 55.4 Å². The van der Waals surface area contributed by atoms with Crippen LogP contribution in [0.15, 0.2) is 97.7 Å². The largest absolute Gasteiger partial charge is 0.374 e. The summed E-state index contributed by atoms with van der Waals surface area (Å²) in [5.74, 6) is 0.832. The lowest BCUT2D eigenvalue weighted by Gasteiger charge is -2.30. The van der Waals surface area contributed by atoms with E-state index in [9.17, 15) is 5.11 Å². The van der Waals surface area contributed by atoms with Gasteiger partial charge in [-0.2, -0.15) is 5.10 Å². The minimum absolute atomic E-state index is 0.590. The highest BCUT2D eigenvalue weighted by Crippen LogP contribution is 2.41. The predicted molar refractivity (Wildman–Crippen MR) is 169 cm³/mol. The highest BCUT2D eigenvalue weighted by atomic mass is 35.5. The molecule has 1 N–H and O–H groups in total. The van der Waals surface area contributed by atoms with Gasteiger partial charge in [-0.15, -0.1) is 0 Å². The van der Waals surface area contributed by atoms with E-state index in [0.717, 1.165) is 40.1 Å². The summed E-state index contributed by atoms with van der Waals surface area (Å²) in [6.07, 6.45) is 7.62. The van der Waals surface area contributed by atoms with E-state index < -0.39 is 5.60 Å². The van der Waals surface area contributed by atoms with Crippen LogP contribution in [0.3, 0.4) is 0 Å². The van der Waals surface area contributed by atoms with E-state index in [1.165, 1.54) is 0 Å². The lowest BCUT2D eigenvalue weighted by molar-refractivity contribution is 0.117. The normalized spacial score (nSPS) is 12.9. The monoisotopic (exact) mass is 596 g/mol. The van der Waals surface area contributed by atoms with E-state index in [-0.39, 0.29) is 0 Å². The molecule has 6 aromatic rings. The van der Waals surface area contributed by atoms with E-state index in [4.69, 9.17) is 28.2 Å². The molecule has 9 heteroatoms. The Labute approximate surface area is 254 Å². The maximum Gasteiger partial charge on any atom is 0.156 e. The van der Waals surface area contributed by atoms with Crippen LogP contribution < -0.4 is 4.90 Å². The summed E-state index contributed by atoms with van der Waals surface area (Å²) in [5.41, 5.74) is 4.19. The van der Waals surface area contributed by atoms with Crippen molar-refractivity contribution in [2.24, 2.45) is 7.05 Å².